The number of anilines is 7. The molecule has 0 fully saturated rings. The maximum atomic E-state index is 14.2. The van der Waals surface area contributed by atoms with Crippen LogP contribution in [0.1, 0.15) is 66.4 Å². The number of nitrogens with two attached hydrogens (primary N) is 3. The van der Waals surface area contributed by atoms with E-state index in [-0.39, 0.29) is 91.6 Å². The lowest BCUT2D eigenvalue weighted by atomic mass is 10.0. The molecule has 0 amide bonds. The highest BCUT2D eigenvalue weighted by Gasteiger charge is 2.31. The molecule has 1 unspecified atom stereocenters. The minimum absolute atomic E-state index is 0.0594. The molecular formula is C76H62F7N27O3S4. The predicted octanol–water partition coefficient (Wildman–Crippen LogP) is 13.6. The SMILES string of the molecule is CNc1ncc(-c2nn([C@@H](C)c3nc4ccc(F)cn4c(=O)c3-c3cccc(F)c3)c3ncnc(N)c23)s1.CNc1ncc(-c2nn([C@H](C)c3nc4ccc(F)cn4c(=O)c3-c3cccc(F)c3)c3ncnc(N)c23)s1.CNc1ncc(C(=N)c2c(N)ncnc2NC(C)c2nc3ccc(F)cn3c(=O)c2-c2cccc(F)c2)s1.CSF. The van der Waals surface area contributed by atoms with Crippen LogP contribution in [0.25, 0.3) is 93.5 Å². The number of aromatic nitrogens is 19. The largest absolute Gasteiger partial charge is 0.383 e. The molecule has 117 heavy (non-hydrogen) atoms. The third-order valence-electron chi connectivity index (χ3n) is 18.1. The van der Waals surface area contributed by atoms with E-state index in [1.54, 1.807) is 88.1 Å². The number of thiazole rings is 3. The first-order valence-corrected chi connectivity index (χ1v) is 38.4. The Morgan fingerprint density at radius 2 is 0.838 bits per heavy atom. The fraction of sp³-hybridized carbons (Fsp3) is 0.132. The second-order valence-corrected chi connectivity index (χ2v) is 28.8. The standard InChI is InChI=1S/2C25H19F2N9OS.C25H21F2N9OS.CH3FS/c2*1-12(36-23-19(22(28)31-11-32-23)21(34-36)16-9-30-25(29-2)38-16)20-18(13-4-3-5-14(26)8-13)24(37)35-10-15(27)6-7-17(35)33-20;1-12(34-23-19(22(29)32-11-33-23)20(28)16-9-31-25(30-2)38-16)21-18(13-4-3-5-14(26)8-13)24(37)36-10-15(27)6-7-17(36)35-21;1-3-2/h2*3-12H,1-2H3,(H,29,30)(H2,28,31,32);3-12,28H,1-2H3,(H,30,31)(H3,29,32,33,34);1H3/t2*12-;;/m10../s1. The third-order valence-corrected chi connectivity index (χ3v) is 21.2. The molecule has 0 radical (unpaired) electrons. The van der Waals surface area contributed by atoms with Crippen molar-refractivity contribution in [1.29, 1.82) is 5.41 Å². The molecule has 14 aromatic heterocycles. The average Bonchev–Trinajstić information content (AvgIpc) is 1.72. The van der Waals surface area contributed by atoms with Crippen molar-refractivity contribution in [3.63, 3.8) is 0 Å². The Labute approximate surface area is 672 Å². The normalized spacial score (nSPS) is 12.0. The second kappa shape index (κ2) is 33.6. The lowest BCUT2D eigenvalue weighted by molar-refractivity contribution is 0.566. The van der Waals surface area contributed by atoms with Crippen molar-refractivity contribution in [3.8, 4) is 54.5 Å². The Hall–Kier alpha value is -14.1. The third kappa shape index (κ3) is 15.8. The summed E-state index contributed by atoms with van der Waals surface area (Å²) in [6, 6.07) is 22.6. The topological polar surface area (TPSA) is 405 Å². The molecule has 0 aliphatic heterocycles. The van der Waals surface area contributed by atoms with E-state index < -0.39 is 69.7 Å². The number of hydrogen-bond acceptors (Lipinski definition) is 29. The van der Waals surface area contributed by atoms with Gasteiger partial charge in [0.05, 0.1) is 88.6 Å². The number of hydrogen-bond donors (Lipinski definition) is 8. The van der Waals surface area contributed by atoms with Crippen LogP contribution in [0.3, 0.4) is 0 Å². The monoisotopic (exact) mass is 1660 g/mol. The summed E-state index contributed by atoms with van der Waals surface area (Å²) >= 11 is 4.28. The van der Waals surface area contributed by atoms with Crippen LogP contribution in [-0.4, -0.2) is 126 Å². The van der Waals surface area contributed by atoms with E-state index in [2.05, 4.69) is 71.1 Å². The van der Waals surface area contributed by atoms with Gasteiger partial charge in [-0.25, -0.2) is 95.5 Å². The summed E-state index contributed by atoms with van der Waals surface area (Å²) in [6.45, 7) is 5.33. The van der Waals surface area contributed by atoms with Gasteiger partial charge in [-0.15, -0.1) is 0 Å². The number of fused-ring (bicyclic) bond motifs is 5. The first-order valence-electron chi connectivity index (χ1n) is 34.8. The summed E-state index contributed by atoms with van der Waals surface area (Å²) in [7, 11) is 5.26. The van der Waals surface area contributed by atoms with Crippen molar-refractivity contribution in [1.82, 2.24) is 92.6 Å². The van der Waals surface area contributed by atoms with Crippen molar-refractivity contribution in [3.05, 3.63) is 259 Å². The quantitative estimate of drug-likeness (QED) is 0.0310. The lowest BCUT2D eigenvalue weighted by Gasteiger charge is -2.20. The molecule has 592 valence electrons. The number of benzene rings is 3. The Bertz CT molecular complexity index is 6610. The van der Waals surface area contributed by atoms with Gasteiger partial charge < -0.3 is 38.5 Å². The number of halogens is 7. The molecule has 0 spiro atoms. The molecule has 14 heterocycles. The molecule has 11 N–H and O–H groups in total. The maximum absolute atomic E-state index is 14.2. The van der Waals surface area contributed by atoms with E-state index in [1.807, 2.05) is 0 Å². The zero-order chi connectivity index (χ0) is 82.8. The highest BCUT2D eigenvalue weighted by molar-refractivity contribution is 7.93. The fourth-order valence-electron chi connectivity index (χ4n) is 12.8. The van der Waals surface area contributed by atoms with Crippen molar-refractivity contribution in [2.45, 2.75) is 38.9 Å². The van der Waals surface area contributed by atoms with Crippen LogP contribution in [-0.2, 0) is 0 Å². The maximum Gasteiger partial charge on any atom is 0.266 e. The molecule has 3 aromatic carbocycles. The van der Waals surface area contributed by atoms with E-state index in [1.165, 1.54) is 150 Å². The molecule has 0 bridgehead atoms. The first kappa shape index (κ1) is 79.6. The molecule has 0 aliphatic rings. The summed E-state index contributed by atoms with van der Waals surface area (Å²) in [5.41, 5.74) is 22.0. The van der Waals surface area contributed by atoms with Crippen LogP contribution in [0.4, 0.5) is 68.9 Å². The molecule has 3 atom stereocenters. The Morgan fingerprint density at radius 3 is 1.22 bits per heavy atom. The zero-order valence-corrected chi connectivity index (χ0v) is 65.3. The van der Waals surface area contributed by atoms with Crippen molar-refractivity contribution in [2.24, 2.45) is 0 Å². The highest BCUT2D eigenvalue weighted by Crippen LogP contribution is 2.41. The van der Waals surface area contributed by atoms with Crippen LogP contribution in [0.15, 0.2) is 180 Å². The van der Waals surface area contributed by atoms with E-state index in [0.717, 1.165) is 41.5 Å². The summed E-state index contributed by atoms with van der Waals surface area (Å²) in [4.78, 5) is 95.3. The Balaban J connectivity index is 0.000000142. The van der Waals surface area contributed by atoms with Gasteiger partial charge in [-0.3, -0.25) is 33.0 Å². The van der Waals surface area contributed by atoms with Gasteiger partial charge in [-0.2, -0.15) is 14.1 Å². The van der Waals surface area contributed by atoms with Crippen LogP contribution in [0, 0.1) is 40.3 Å². The van der Waals surface area contributed by atoms with Gasteiger partial charge in [-0.1, -0.05) is 70.4 Å². The molecule has 17 rings (SSSR count). The zero-order valence-electron chi connectivity index (χ0n) is 62.1. The van der Waals surface area contributed by atoms with Crippen molar-refractivity contribution in [2.75, 3.05) is 65.9 Å². The van der Waals surface area contributed by atoms with Crippen LogP contribution in [0.5, 0.6) is 0 Å². The molecule has 0 aliphatic carbocycles. The molecule has 0 saturated carbocycles. The van der Waals surface area contributed by atoms with Gasteiger partial charge in [-0.05, 0) is 110 Å². The molecule has 41 heteroatoms. The van der Waals surface area contributed by atoms with E-state index in [9.17, 15) is 44.6 Å². The number of pyridine rings is 3. The van der Waals surface area contributed by atoms with Crippen molar-refractivity contribution < 1.29 is 30.2 Å². The average molecular weight is 1660 g/mol. The summed E-state index contributed by atoms with van der Waals surface area (Å²) in [5, 5.41) is 33.5. The number of nitrogens with zero attached hydrogens (tertiary/aromatic N) is 19. The van der Waals surface area contributed by atoms with Crippen molar-refractivity contribution >= 4 is 130 Å². The van der Waals surface area contributed by atoms with Gasteiger partial charge in [0.15, 0.2) is 26.7 Å². The van der Waals surface area contributed by atoms with Gasteiger partial charge in [0, 0.05) is 76.7 Å². The molecule has 30 nitrogen and oxygen atoms in total. The molecule has 0 saturated heterocycles. The van der Waals surface area contributed by atoms with Crippen LogP contribution >= 0.6 is 46.2 Å². The summed E-state index contributed by atoms with van der Waals surface area (Å²) < 4.78 is 101. The highest BCUT2D eigenvalue weighted by atomic mass is 32.2. The van der Waals surface area contributed by atoms with Crippen LogP contribution < -0.4 is 55.1 Å². The summed E-state index contributed by atoms with van der Waals surface area (Å²) in [5.74, 6) is -2.64. The fourth-order valence-corrected chi connectivity index (χ4v) is 15.1. The molecular weight excluding hydrogens is 1600 g/mol. The smallest absolute Gasteiger partial charge is 0.266 e. The van der Waals surface area contributed by atoms with Gasteiger partial charge in [0.2, 0.25) is 0 Å². The Morgan fingerprint density at radius 1 is 0.470 bits per heavy atom. The first-order chi connectivity index (χ1) is 56.4. The number of nitrogen functional groups attached to an aromatic ring is 3. The summed E-state index contributed by atoms with van der Waals surface area (Å²) in [6.07, 6.45) is 13.3. The van der Waals surface area contributed by atoms with E-state index in [0.29, 0.717) is 76.2 Å². The Kier molecular flexibility index (Phi) is 22.8. The number of nitrogens with one attached hydrogen (secondary N) is 5. The number of rotatable bonds is 17. The van der Waals surface area contributed by atoms with Crippen LogP contribution in [0.2, 0.25) is 0 Å². The predicted molar refractivity (Wildman–Crippen MR) is 440 cm³/mol. The lowest BCUT2D eigenvalue weighted by Crippen LogP contribution is -2.24. The van der Waals surface area contributed by atoms with E-state index in [4.69, 9.17) is 42.8 Å². The minimum Gasteiger partial charge on any atom is -0.383 e. The van der Waals surface area contributed by atoms with Gasteiger partial charge >= 0.3 is 0 Å². The van der Waals surface area contributed by atoms with Gasteiger partial charge in [0.1, 0.15) is 105 Å². The van der Waals surface area contributed by atoms with Gasteiger partial charge in [0.25, 0.3) is 16.7 Å². The minimum atomic E-state index is -0.675. The second-order valence-electron chi connectivity index (χ2n) is 25.4. The molecule has 17 aromatic rings. The van der Waals surface area contributed by atoms with E-state index >= 15 is 0 Å².